The summed E-state index contributed by atoms with van der Waals surface area (Å²) < 4.78 is 0. The van der Waals surface area contributed by atoms with E-state index in [0.29, 0.717) is 12.5 Å². The maximum atomic E-state index is 12.2. The van der Waals surface area contributed by atoms with Gasteiger partial charge in [-0.1, -0.05) is 19.9 Å². The number of nitrogens with one attached hydrogen (secondary N) is 1. The van der Waals surface area contributed by atoms with E-state index in [-0.39, 0.29) is 17.4 Å². The molecule has 1 unspecified atom stereocenters. The van der Waals surface area contributed by atoms with Crippen molar-refractivity contribution < 1.29 is 4.79 Å². The third-order valence-electron chi connectivity index (χ3n) is 3.53. The molecule has 1 heterocycles. The van der Waals surface area contributed by atoms with Crippen LogP contribution in [0.25, 0.3) is 0 Å². The number of hydrogen-bond acceptors (Lipinski definition) is 3. The number of rotatable bonds is 5. The van der Waals surface area contributed by atoms with Crippen LogP contribution in [0.5, 0.6) is 0 Å². The van der Waals surface area contributed by atoms with Crippen molar-refractivity contribution in [3.05, 3.63) is 22.4 Å². The van der Waals surface area contributed by atoms with Gasteiger partial charge in [-0.25, -0.2) is 0 Å². The predicted octanol–water partition coefficient (Wildman–Crippen LogP) is 2.30. The molecular formula is C13H20N2OS. The van der Waals surface area contributed by atoms with Gasteiger partial charge in [0.1, 0.15) is 0 Å². The molecule has 0 saturated heterocycles. The fourth-order valence-corrected chi connectivity index (χ4v) is 2.95. The molecule has 3 N–H and O–H groups in total. The Kier molecular flexibility index (Phi) is 3.54. The zero-order chi connectivity index (χ0) is 12.5. The molecule has 0 radical (unpaired) electrons. The standard InChI is InChI=1S/C13H20N2OS/c1-9(2)11(10-4-3-7-17-10)15-12(16)13(8-14)5-6-13/h3-4,7,9,11H,5-6,8,14H2,1-2H3,(H,15,16). The van der Waals surface area contributed by atoms with Crippen LogP contribution >= 0.6 is 11.3 Å². The molecule has 0 aliphatic heterocycles. The van der Waals surface area contributed by atoms with E-state index in [1.54, 1.807) is 11.3 Å². The highest BCUT2D eigenvalue weighted by molar-refractivity contribution is 7.10. The summed E-state index contributed by atoms with van der Waals surface area (Å²) in [7, 11) is 0. The Labute approximate surface area is 106 Å². The van der Waals surface area contributed by atoms with Gasteiger partial charge in [-0.05, 0) is 30.2 Å². The minimum atomic E-state index is -0.260. The zero-order valence-corrected chi connectivity index (χ0v) is 11.2. The van der Waals surface area contributed by atoms with Gasteiger partial charge in [0.15, 0.2) is 0 Å². The summed E-state index contributed by atoms with van der Waals surface area (Å²) in [6.45, 7) is 4.73. The average molecular weight is 252 g/mol. The van der Waals surface area contributed by atoms with Crippen LogP contribution in [-0.2, 0) is 4.79 Å². The van der Waals surface area contributed by atoms with E-state index >= 15 is 0 Å². The molecule has 2 rings (SSSR count). The molecule has 1 aromatic heterocycles. The zero-order valence-electron chi connectivity index (χ0n) is 10.4. The maximum Gasteiger partial charge on any atom is 0.228 e. The summed E-state index contributed by atoms with van der Waals surface area (Å²) in [4.78, 5) is 13.4. The topological polar surface area (TPSA) is 55.1 Å². The molecule has 1 atom stereocenters. The average Bonchev–Trinajstić information content (AvgIpc) is 2.93. The Bertz CT molecular complexity index is 382. The van der Waals surface area contributed by atoms with Crippen molar-refractivity contribution >= 4 is 17.2 Å². The summed E-state index contributed by atoms with van der Waals surface area (Å²) in [5.74, 6) is 0.526. The van der Waals surface area contributed by atoms with Gasteiger partial charge in [-0.15, -0.1) is 11.3 Å². The molecule has 0 bridgehead atoms. The first-order valence-electron chi connectivity index (χ1n) is 6.13. The largest absolute Gasteiger partial charge is 0.348 e. The molecule has 1 aromatic rings. The lowest BCUT2D eigenvalue weighted by Crippen LogP contribution is -2.40. The Morgan fingerprint density at radius 3 is 2.71 bits per heavy atom. The Morgan fingerprint density at radius 2 is 2.29 bits per heavy atom. The van der Waals surface area contributed by atoms with Crippen LogP contribution in [0.2, 0.25) is 0 Å². The molecule has 3 nitrogen and oxygen atoms in total. The van der Waals surface area contributed by atoms with E-state index in [1.165, 1.54) is 4.88 Å². The highest BCUT2D eigenvalue weighted by Crippen LogP contribution is 2.45. The summed E-state index contributed by atoms with van der Waals surface area (Å²) >= 11 is 1.69. The molecule has 94 valence electrons. The second-order valence-electron chi connectivity index (χ2n) is 5.20. The highest BCUT2D eigenvalue weighted by Gasteiger charge is 2.49. The molecular weight excluding hydrogens is 232 g/mol. The molecule has 4 heteroatoms. The van der Waals surface area contributed by atoms with Gasteiger partial charge in [0, 0.05) is 11.4 Å². The van der Waals surface area contributed by atoms with Gasteiger partial charge in [0.2, 0.25) is 5.91 Å². The van der Waals surface area contributed by atoms with Crippen molar-refractivity contribution in [1.29, 1.82) is 0 Å². The van der Waals surface area contributed by atoms with E-state index in [1.807, 2.05) is 11.4 Å². The van der Waals surface area contributed by atoms with Crippen LogP contribution in [0.15, 0.2) is 17.5 Å². The second kappa shape index (κ2) is 4.78. The van der Waals surface area contributed by atoms with Crippen LogP contribution in [0.3, 0.4) is 0 Å². The molecule has 0 spiro atoms. The number of carbonyl (C=O) groups excluding carboxylic acids is 1. The minimum Gasteiger partial charge on any atom is -0.348 e. The summed E-state index contributed by atoms with van der Waals surface area (Å²) in [6, 6.07) is 4.22. The normalized spacial score (nSPS) is 19.1. The Morgan fingerprint density at radius 1 is 1.59 bits per heavy atom. The smallest absolute Gasteiger partial charge is 0.228 e. The van der Waals surface area contributed by atoms with Crippen LogP contribution in [0, 0.1) is 11.3 Å². The van der Waals surface area contributed by atoms with Gasteiger partial charge < -0.3 is 11.1 Å². The van der Waals surface area contributed by atoms with Crippen molar-refractivity contribution in [2.45, 2.75) is 32.7 Å². The SMILES string of the molecule is CC(C)C(NC(=O)C1(CN)CC1)c1cccs1. The van der Waals surface area contributed by atoms with Crippen LogP contribution in [0.1, 0.15) is 37.6 Å². The van der Waals surface area contributed by atoms with E-state index in [9.17, 15) is 4.79 Å². The summed E-state index contributed by atoms with van der Waals surface area (Å²) in [5.41, 5.74) is 5.42. The first-order chi connectivity index (χ1) is 8.09. The number of carbonyl (C=O) groups is 1. The lowest BCUT2D eigenvalue weighted by molar-refractivity contribution is -0.127. The fraction of sp³-hybridized carbons (Fsp3) is 0.615. The minimum absolute atomic E-state index is 0.117. The van der Waals surface area contributed by atoms with Gasteiger partial charge in [0.05, 0.1) is 11.5 Å². The summed E-state index contributed by atoms with van der Waals surface area (Å²) in [6.07, 6.45) is 1.87. The first kappa shape index (κ1) is 12.6. The molecule has 1 amide bonds. The van der Waals surface area contributed by atoms with Crippen molar-refractivity contribution in [3.8, 4) is 0 Å². The second-order valence-corrected chi connectivity index (χ2v) is 6.17. The number of hydrogen-bond donors (Lipinski definition) is 2. The van der Waals surface area contributed by atoms with E-state index in [0.717, 1.165) is 12.8 Å². The first-order valence-corrected chi connectivity index (χ1v) is 7.01. The van der Waals surface area contributed by atoms with Crippen LogP contribution in [-0.4, -0.2) is 12.5 Å². The van der Waals surface area contributed by atoms with Crippen molar-refractivity contribution in [2.75, 3.05) is 6.54 Å². The Hall–Kier alpha value is -0.870. The van der Waals surface area contributed by atoms with Gasteiger partial charge in [-0.3, -0.25) is 4.79 Å². The molecule has 1 fully saturated rings. The van der Waals surface area contributed by atoms with E-state index < -0.39 is 0 Å². The number of amides is 1. The highest BCUT2D eigenvalue weighted by atomic mass is 32.1. The van der Waals surface area contributed by atoms with Gasteiger partial charge in [0.25, 0.3) is 0 Å². The van der Waals surface area contributed by atoms with E-state index in [4.69, 9.17) is 5.73 Å². The third kappa shape index (κ3) is 2.53. The molecule has 17 heavy (non-hydrogen) atoms. The summed E-state index contributed by atoms with van der Waals surface area (Å²) in [5, 5.41) is 5.21. The lowest BCUT2D eigenvalue weighted by Gasteiger charge is -2.24. The van der Waals surface area contributed by atoms with Gasteiger partial charge >= 0.3 is 0 Å². The van der Waals surface area contributed by atoms with Crippen molar-refractivity contribution in [1.82, 2.24) is 5.32 Å². The van der Waals surface area contributed by atoms with Crippen LogP contribution in [0.4, 0.5) is 0 Å². The third-order valence-corrected chi connectivity index (χ3v) is 4.48. The fourth-order valence-electron chi connectivity index (χ4n) is 2.00. The van der Waals surface area contributed by atoms with E-state index in [2.05, 4.69) is 25.2 Å². The van der Waals surface area contributed by atoms with Crippen LogP contribution < -0.4 is 11.1 Å². The number of nitrogens with two attached hydrogens (primary N) is 1. The lowest BCUT2D eigenvalue weighted by atomic mass is 10.00. The predicted molar refractivity (Wildman–Crippen MR) is 70.8 cm³/mol. The molecule has 1 aliphatic carbocycles. The quantitative estimate of drug-likeness (QED) is 0.845. The van der Waals surface area contributed by atoms with Crippen molar-refractivity contribution in [2.24, 2.45) is 17.1 Å². The molecule has 1 saturated carbocycles. The number of thiophene rings is 1. The maximum absolute atomic E-state index is 12.2. The Balaban J connectivity index is 2.07. The van der Waals surface area contributed by atoms with Crippen molar-refractivity contribution in [3.63, 3.8) is 0 Å². The molecule has 1 aliphatic rings. The van der Waals surface area contributed by atoms with Gasteiger partial charge in [-0.2, -0.15) is 0 Å². The molecule has 0 aromatic carbocycles. The monoisotopic (exact) mass is 252 g/mol.